The Morgan fingerprint density at radius 3 is 2.29 bits per heavy atom. The maximum atomic E-state index is 9.84. The second kappa shape index (κ2) is 7.34. The minimum Gasteiger partial charge on any atom is -0.393 e. The van der Waals surface area contributed by atoms with Gasteiger partial charge in [-0.2, -0.15) is 0 Å². The van der Waals surface area contributed by atoms with E-state index in [1.54, 1.807) is 17.7 Å². The molecule has 1 N–H and O–H groups in total. The number of anilines is 1. The van der Waals surface area contributed by atoms with Crippen LogP contribution in [0.1, 0.15) is 12.8 Å². The van der Waals surface area contributed by atoms with Crippen LogP contribution in [-0.4, -0.2) is 34.3 Å². The number of aromatic nitrogens is 2. The van der Waals surface area contributed by atoms with Gasteiger partial charge in [-0.05, 0) is 29.5 Å². The third kappa shape index (κ3) is 3.17. The molecule has 0 aliphatic carbocycles. The summed E-state index contributed by atoms with van der Waals surface area (Å²) in [5, 5.41) is 13.1. The molecule has 1 aliphatic heterocycles. The van der Waals surface area contributed by atoms with E-state index in [0.29, 0.717) is 0 Å². The molecule has 0 atom stereocenters. The van der Waals surface area contributed by atoms with Crippen LogP contribution in [0.5, 0.6) is 0 Å². The van der Waals surface area contributed by atoms with Gasteiger partial charge in [0.15, 0.2) is 0 Å². The van der Waals surface area contributed by atoms with Crippen molar-refractivity contribution in [2.24, 2.45) is 0 Å². The van der Waals surface area contributed by atoms with Crippen LogP contribution in [0.2, 0.25) is 0 Å². The first kappa shape index (κ1) is 17.3. The molecule has 28 heavy (non-hydrogen) atoms. The van der Waals surface area contributed by atoms with Crippen LogP contribution in [0.3, 0.4) is 0 Å². The molecule has 1 aliphatic rings. The number of hydrogen-bond donors (Lipinski definition) is 1. The van der Waals surface area contributed by atoms with Crippen molar-refractivity contribution < 1.29 is 5.11 Å². The maximum Gasteiger partial charge on any atom is 0.141 e. The van der Waals surface area contributed by atoms with E-state index in [0.717, 1.165) is 42.0 Å². The standard InChI is InChI=1S/C23H21N3OS/c27-19-10-12-26(13-11-19)22-21-20(14-28-23(21)25-15-24-22)18-8-6-17(7-9-18)16-4-2-1-3-5-16/h1-9,14-15,19,27H,10-13H2. The minimum atomic E-state index is -0.193. The second-order valence-electron chi connectivity index (χ2n) is 7.19. The summed E-state index contributed by atoms with van der Waals surface area (Å²) in [6.07, 6.45) is 3.04. The molecule has 0 amide bonds. The Hall–Kier alpha value is -2.76. The SMILES string of the molecule is OC1CCN(c2ncnc3scc(-c4ccc(-c5ccccc5)cc4)c23)CC1. The van der Waals surface area contributed by atoms with Crippen molar-refractivity contribution in [3.63, 3.8) is 0 Å². The summed E-state index contributed by atoms with van der Waals surface area (Å²) in [4.78, 5) is 12.4. The number of hydrogen-bond acceptors (Lipinski definition) is 5. The molecule has 5 heteroatoms. The van der Waals surface area contributed by atoms with Crippen LogP contribution in [0, 0.1) is 0 Å². The Labute approximate surface area is 168 Å². The lowest BCUT2D eigenvalue weighted by molar-refractivity contribution is 0.145. The molecule has 1 fully saturated rings. The summed E-state index contributed by atoms with van der Waals surface area (Å²) < 4.78 is 0. The van der Waals surface area contributed by atoms with Crippen LogP contribution in [0.25, 0.3) is 32.5 Å². The van der Waals surface area contributed by atoms with Crippen LogP contribution in [0.15, 0.2) is 66.3 Å². The van der Waals surface area contributed by atoms with Gasteiger partial charge in [0.05, 0.1) is 11.5 Å². The van der Waals surface area contributed by atoms with Gasteiger partial charge in [0.2, 0.25) is 0 Å². The Balaban J connectivity index is 1.54. The molecule has 0 radical (unpaired) electrons. The van der Waals surface area contributed by atoms with Crippen molar-refractivity contribution in [1.29, 1.82) is 0 Å². The molecular formula is C23H21N3OS. The Morgan fingerprint density at radius 2 is 1.54 bits per heavy atom. The highest BCUT2D eigenvalue weighted by molar-refractivity contribution is 7.17. The van der Waals surface area contributed by atoms with Gasteiger partial charge >= 0.3 is 0 Å². The highest BCUT2D eigenvalue weighted by atomic mass is 32.1. The normalized spacial score (nSPS) is 15.2. The van der Waals surface area contributed by atoms with Crippen molar-refractivity contribution in [3.05, 3.63) is 66.3 Å². The van der Waals surface area contributed by atoms with Gasteiger partial charge in [-0.3, -0.25) is 0 Å². The third-order valence-electron chi connectivity index (χ3n) is 5.42. The van der Waals surface area contributed by atoms with Crippen molar-refractivity contribution in [1.82, 2.24) is 9.97 Å². The smallest absolute Gasteiger partial charge is 0.141 e. The molecule has 0 bridgehead atoms. The first-order valence-electron chi connectivity index (χ1n) is 9.60. The Kier molecular flexibility index (Phi) is 4.55. The molecule has 4 aromatic rings. The molecular weight excluding hydrogens is 366 g/mol. The van der Waals surface area contributed by atoms with Crippen molar-refractivity contribution in [3.8, 4) is 22.3 Å². The van der Waals surface area contributed by atoms with E-state index >= 15 is 0 Å². The molecule has 140 valence electrons. The number of rotatable bonds is 3. The van der Waals surface area contributed by atoms with Gasteiger partial charge < -0.3 is 10.0 Å². The zero-order valence-electron chi connectivity index (χ0n) is 15.5. The minimum absolute atomic E-state index is 0.193. The van der Waals surface area contributed by atoms with Crippen molar-refractivity contribution in [2.45, 2.75) is 18.9 Å². The lowest BCUT2D eigenvalue weighted by Gasteiger charge is -2.31. The average molecular weight is 388 g/mol. The molecule has 0 unspecified atom stereocenters. The molecule has 4 nitrogen and oxygen atoms in total. The topological polar surface area (TPSA) is 49.2 Å². The predicted octanol–water partition coefficient (Wildman–Crippen LogP) is 4.99. The summed E-state index contributed by atoms with van der Waals surface area (Å²) in [7, 11) is 0. The van der Waals surface area contributed by atoms with E-state index in [2.05, 4.69) is 68.8 Å². The van der Waals surface area contributed by atoms with Gasteiger partial charge in [0.1, 0.15) is 17.0 Å². The molecule has 2 aromatic heterocycles. The highest BCUT2D eigenvalue weighted by Gasteiger charge is 2.22. The summed E-state index contributed by atoms with van der Waals surface area (Å²) >= 11 is 1.66. The van der Waals surface area contributed by atoms with E-state index in [9.17, 15) is 5.11 Å². The number of fused-ring (bicyclic) bond motifs is 1. The summed E-state index contributed by atoms with van der Waals surface area (Å²) in [6, 6.07) is 19.1. The largest absolute Gasteiger partial charge is 0.393 e. The quantitative estimate of drug-likeness (QED) is 0.538. The van der Waals surface area contributed by atoms with Crippen molar-refractivity contribution >= 4 is 27.4 Å². The Morgan fingerprint density at radius 1 is 0.857 bits per heavy atom. The molecule has 5 rings (SSSR count). The number of aliphatic hydroxyl groups is 1. The van der Waals surface area contributed by atoms with Crippen LogP contribution in [-0.2, 0) is 0 Å². The average Bonchev–Trinajstić information content (AvgIpc) is 3.19. The van der Waals surface area contributed by atoms with E-state index in [4.69, 9.17) is 0 Å². The lowest BCUT2D eigenvalue weighted by atomic mass is 10.00. The van der Waals surface area contributed by atoms with Gasteiger partial charge in [-0.25, -0.2) is 9.97 Å². The second-order valence-corrected chi connectivity index (χ2v) is 8.05. The fourth-order valence-electron chi connectivity index (χ4n) is 3.86. The monoisotopic (exact) mass is 387 g/mol. The molecule has 1 saturated heterocycles. The van der Waals surface area contributed by atoms with E-state index < -0.39 is 0 Å². The highest BCUT2D eigenvalue weighted by Crippen LogP contribution is 2.39. The van der Waals surface area contributed by atoms with Gasteiger partial charge in [0, 0.05) is 24.0 Å². The summed E-state index contributed by atoms with van der Waals surface area (Å²) in [5.41, 5.74) is 4.80. The fraction of sp³-hybridized carbons (Fsp3) is 0.217. The fourth-order valence-corrected chi connectivity index (χ4v) is 4.77. The molecule has 0 saturated carbocycles. The third-order valence-corrected chi connectivity index (χ3v) is 6.30. The summed E-state index contributed by atoms with van der Waals surface area (Å²) in [6.45, 7) is 1.66. The van der Waals surface area contributed by atoms with Gasteiger partial charge in [-0.15, -0.1) is 11.3 Å². The van der Waals surface area contributed by atoms with Crippen LogP contribution >= 0.6 is 11.3 Å². The molecule has 3 heterocycles. The van der Waals surface area contributed by atoms with Crippen LogP contribution in [0.4, 0.5) is 5.82 Å². The lowest BCUT2D eigenvalue weighted by Crippen LogP contribution is -2.36. The first-order valence-corrected chi connectivity index (χ1v) is 10.5. The van der Waals surface area contributed by atoms with Gasteiger partial charge in [-0.1, -0.05) is 54.6 Å². The maximum absolute atomic E-state index is 9.84. The first-order chi connectivity index (χ1) is 13.8. The number of aliphatic hydroxyl groups excluding tert-OH is 1. The molecule has 2 aromatic carbocycles. The van der Waals surface area contributed by atoms with Gasteiger partial charge in [0.25, 0.3) is 0 Å². The molecule has 0 spiro atoms. The zero-order chi connectivity index (χ0) is 18.9. The number of thiophene rings is 1. The van der Waals surface area contributed by atoms with Crippen molar-refractivity contribution in [2.75, 3.05) is 18.0 Å². The number of nitrogens with zero attached hydrogens (tertiary/aromatic N) is 3. The zero-order valence-corrected chi connectivity index (χ0v) is 16.3. The predicted molar refractivity (Wildman–Crippen MR) is 116 cm³/mol. The van der Waals surface area contributed by atoms with E-state index in [1.165, 1.54) is 22.3 Å². The number of benzene rings is 2. The van der Waals surface area contributed by atoms with Crippen LogP contribution < -0.4 is 4.90 Å². The van der Waals surface area contributed by atoms with E-state index in [-0.39, 0.29) is 6.10 Å². The Bertz CT molecular complexity index is 1080. The number of piperidine rings is 1. The summed E-state index contributed by atoms with van der Waals surface area (Å²) in [5.74, 6) is 0.986. The van der Waals surface area contributed by atoms with E-state index in [1.807, 2.05) is 6.07 Å².